The lowest BCUT2D eigenvalue weighted by atomic mass is 10.0. The molecule has 0 bridgehead atoms. The lowest BCUT2D eigenvalue weighted by molar-refractivity contribution is 0.191. The summed E-state index contributed by atoms with van der Waals surface area (Å²) in [6.07, 6.45) is -0.571. The number of anilines is 2. The minimum Gasteiger partial charge on any atom is -0.399 e. The molecule has 2 rings (SSSR count). The van der Waals surface area contributed by atoms with Crippen LogP contribution in [0.5, 0.6) is 0 Å². The van der Waals surface area contributed by atoms with Crippen molar-refractivity contribution in [2.45, 2.75) is 25.9 Å². The van der Waals surface area contributed by atoms with Crippen molar-refractivity contribution in [2.75, 3.05) is 17.6 Å². The molecular formula is C17H22N2O. The molecule has 2 aromatic carbocycles. The number of nitrogens with two attached hydrogens (primary N) is 1. The molecule has 0 radical (unpaired) electrons. The molecule has 1 atom stereocenters. The highest BCUT2D eigenvalue weighted by molar-refractivity contribution is 5.53. The Morgan fingerprint density at radius 3 is 2.55 bits per heavy atom. The molecule has 3 nitrogen and oxygen atoms in total. The van der Waals surface area contributed by atoms with Crippen LogP contribution in [0.1, 0.15) is 37.0 Å². The van der Waals surface area contributed by atoms with E-state index in [0.717, 1.165) is 11.3 Å². The van der Waals surface area contributed by atoms with Gasteiger partial charge in [-0.15, -0.1) is 0 Å². The summed E-state index contributed by atoms with van der Waals surface area (Å²) in [5.74, 6) is 0.447. The summed E-state index contributed by atoms with van der Waals surface area (Å²) in [5.41, 5.74) is 9.57. The molecule has 0 amide bonds. The van der Waals surface area contributed by atoms with E-state index in [1.165, 1.54) is 5.56 Å². The Balaban J connectivity index is 2.05. The Bertz CT molecular complexity index is 566. The third kappa shape index (κ3) is 3.52. The number of hydrogen-bond donors (Lipinski definition) is 3. The first-order chi connectivity index (χ1) is 9.58. The van der Waals surface area contributed by atoms with Crippen LogP contribution in [0.4, 0.5) is 11.4 Å². The lowest BCUT2D eigenvalue weighted by Gasteiger charge is -2.17. The molecule has 0 fully saturated rings. The van der Waals surface area contributed by atoms with Crippen molar-refractivity contribution >= 4 is 11.4 Å². The third-order valence-electron chi connectivity index (χ3n) is 3.36. The first-order valence-corrected chi connectivity index (χ1v) is 6.94. The maximum atomic E-state index is 10.2. The van der Waals surface area contributed by atoms with Crippen molar-refractivity contribution in [3.63, 3.8) is 0 Å². The zero-order chi connectivity index (χ0) is 14.5. The van der Waals surface area contributed by atoms with Gasteiger partial charge in [-0.2, -0.15) is 0 Å². The van der Waals surface area contributed by atoms with E-state index in [2.05, 4.69) is 25.2 Å². The van der Waals surface area contributed by atoms with E-state index < -0.39 is 6.10 Å². The molecule has 0 saturated carbocycles. The van der Waals surface area contributed by atoms with Gasteiger partial charge in [0.1, 0.15) is 0 Å². The predicted octanol–water partition coefficient (Wildman–Crippen LogP) is 3.54. The Kier molecular flexibility index (Phi) is 4.64. The second kappa shape index (κ2) is 6.44. The topological polar surface area (TPSA) is 58.3 Å². The van der Waals surface area contributed by atoms with Crippen LogP contribution in [0.3, 0.4) is 0 Å². The van der Waals surface area contributed by atoms with Crippen LogP contribution < -0.4 is 11.1 Å². The van der Waals surface area contributed by atoms with Gasteiger partial charge in [-0.05, 0) is 35.2 Å². The van der Waals surface area contributed by atoms with E-state index in [9.17, 15) is 5.11 Å². The van der Waals surface area contributed by atoms with Gasteiger partial charge in [0.05, 0.1) is 6.10 Å². The van der Waals surface area contributed by atoms with Crippen LogP contribution in [-0.4, -0.2) is 11.7 Å². The van der Waals surface area contributed by atoms with Crippen molar-refractivity contribution in [1.82, 2.24) is 0 Å². The Hall–Kier alpha value is -2.00. The minimum atomic E-state index is -0.571. The first kappa shape index (κ1) is 14.4. The second-order valence-corrected chi connectivity index (χ2v) is 5.31. The lowest BCUT2D eigenvalue weighted by Crippen LogP contribution is -2.13. The van der Waals surface area contributed by atoms with Crippen LogP contribution in [0.25, 0.3) is 0 Å². The number of hydrogen-bond acceptors (Lipinski definition) is 3. The van der Waals surface area contributed by atoms with Gasteiger partial charge in [0.15, 0.2) is 0 Å². The number of aliphatic hydroxyl groups is 1. The summed E-state index contributed by atoms with van der Waals surface area (Å²) in [6.45, 7) is 4.79. The molecule has 106 valence electrons. The van der Waals surface area contributed by atoms with Crippen molar-refractivity contribution < 1.29 is 5.11 Å². The molecule has 0 heterocycles. The summed E-state index contributed by atoms with van der Waals surface area (Å²) in [4.78, 5) is 0. The van der Waals surface area contributed by atoms with E-state index in [0.29, 0.717) is 18.2 Å². The van der Waals surface area contributed by atoms with E-state index in [-0.39, 0.29) is 0 Å². The fraction of sp³-hybridized carbons (Fsp3) is 0.294. The SMILES string of the molecule is CC(C)c1ccccc1NCC(O)c1cccc(N)c1. The number of aliphatic hydroxyl groups excluding tert-OH is 1. The fourth-order valence-corrected chi connectivity index (χ4v) is 2.25. The van der Waals surface area contributed by atoms with Crippen LogP contribution in [-0.2, 0) is 0 Å². The van der Waals surface area contributed by atoms with E-state index in [4.69, 9.17) is 5.73 Å². The van der Waals surface area contributed by atoms with Gasteiger partial charge >= 0.3 is 0 Å². The molecule has 3 heteroatoms. The quantitative estimate of drug-likeness (QED) is 0.728. The van der Waals surface area contributed by atoms with E-state index >= 15 is 0 Å². The van der Waals surface area contributed by atoms with Crippen molar-refractivity contribution in [3.05, 3.63) is 59.7 Å². The molecule has 0 aliphatic heterocycles. The predicted molar refractivity (Wildman–Crippen MR) is 84.8 cm³/mol. The standard InChI is InChI=1S/C17H22N2O/c1-12(2)15-8-3-4-9-16(15)19-11-17(20)13-6-5-7-14(18)10-13/h3-10,12,17,19-20H,11,18H2,1-2H3. The summed E-state index contributed by atoms with van der Waals surface area (Å²) in [7, 11) is 0. The van der Waals surface area contributed by atoms with E-state index in [1.54, 1.807) is 6.07 Å². The van der Waals surface area contributed by atoms with Crippen LogP contribution in [0.15, 0.2) is 48.5 Å². The molecular weight excluding hydrogens is 248 g/mol. The van der Waals surface area contributed by atoms with E-state index in [1.807, 2.05) is 36.4 Å². The molecule has 1 unspecified atom stereocenters. The maximum Gasteiger partial charge on any atom is 0.0963 e. The third-order valence-corrected chi connectivity index (χ3v) is 3.36. The summed E-state index contributed by atoms with van der Waals surface area (Å²) in [5, 5.41) is 13.5. The fourth-order valence-electron chi connectivity index (χ4n) is 2.25. The molecule has 0 aliphatic carbocycles. The number of nitrogens with one attached hydrogen (secondary N) is 1. The van der Waals surface area contributed by atoms with Gasteiger partial charge in [0.2, 0.25) is 0 Å². The van der Waals surface area contributed by atoms with Gasteiger partial charge in [0.25, 0.3) is 0 Å². The largest absolute Gasteiger partial charge is 0.399 e. The molecule has 2 aromatic rings. The highest BCUT2D eigenvalue weighted by Gasteiger charge is 2.10. The zero-order valence-corrected chi connectivity index (χ0v) is 12.0. The molecule has 0 saturated heterocycles. The Labute approximate surface area is 120 Å². The average Bonchev–Trinajstić information content (AvgIpc) is 2.45. The van der Waals surface area contributed by atoms with Gasteiger partial charge in [0, 0.05) is 17.9 Å². The molecule has 0 aliphatic rings. The Morgan fingerprint density at radius 1 is 1.10 bits per heavy atom. The van der Waals surface area contributed by atoms with Crippen LogP contribution in [0.2, 0.25) is 0 Å². The molecule has 4 N–H and O–H groups in total. The normalized spacial score (nSPS) is 12.4. The second-order valence-electron chi connectivity index (χ2n) is 5.31. The van der Waals surface area contributed by atoms with Gasteiger partial charge < -0.3 is 16.2 Å². The Morgan fingerprint density at radius 2 is 1.85 bits per heavy atom. The number of nitrogen functional groups attached to an aromatic ring is 1. The highest BCUT2D eigenvalue weighted by atomic mass is 16.3. The molecule has 0 aromatic heterocycles. The minimum absolute atomic E-state index is 0.447. The number of benzene rings is 2. The van der Waals surface area contributed by atoms with Gasteiger partial charge in [-0.25, -0.2) is 0 Å². The van der Waals surface area contributed by atoms with Crippen LogP contribution >= 0.6 is 0 Å². The van der Waals surface area contributed by atoms with Crippen molar-refractivity contribution in [3.8, 4) is 0 Å². The molecule has 20 heavy (non-hydrogen) atoms. The van der Waals surface area contributed by atoms with Gasteiger partial charge in [-0.1, -0.05) is 44.2 Å². The summed E-state index contributed by atoms with van der Waals surface area (Å²) >= 11 is 0. The monoisotopic (exact) mass is 270 g/mol. The number of rotatable bonds is 5. The highest BCUT2D eigenvalue weighted by Crippen LogP contribution is 2.24. The van der Waals surface area contributed by atoms with Crippen LogP contribution in [0, 0.1) is 0 Å². The summed E-state index contributed by atoms with van der Waals surface area (Å²) in [6, 6.07) is 15.6. The summed E-state index contributed by atoms with van der Waals surface area (Å²) < 4.78 is 0. The van der Waals surface area contributed by atoms with Crippen molar-refractivity contribution in [1.29, 1.82) is 0 Å². The van der Waals surface area contributed by atoms with Gasteiger partial charge in [-0.3, -0.25) is 0 Å². The average molecular weight is 270 g/mol. The number of para-hydroxylation sites is 1. The van der Waals surface area contributed by atoms with Crippen molar-refractivity contribution in [2.24, 2.45) is 0 Å². The smallest absolute Gasteiger partial charge is 0.0963 e. The molecule has 0 spiro atoms. The maximum absolute atomic E-state index is 10.2. The first-order valence-electron chi connectivity index (χ1n) is 6.94. The zero-order valence-electron chi connectivity index (χ0n) is 12.0.